The molecule has 0 N–H and O–H groups in total. The van der Waals surface area contributed by atoms with Crippen LogP contribution in [0.2, 0.25) is 0 Å². The fourth-order valence-corrected chi connectivity index (χ4v) is 4.93. The molecule has 0 aliphatic carbocycles. The van der Waals surface area contributed by atoms with Crippen LogP contribution in [0.25, 0.3) is 11.0 Å². The predicted octanol–water partition coefficient (Wildman–Crippen LogP) is 6.68. The molecule has 0 spiro atoms. The van der Waals surface area contributed by atoms with Gasteiger partial charge in [0, 0.05) is 6.54 Å². The summed E-state index contributed by atoms with van der Waals surface area (Å²) >= 11 is 0. The van der Waals surface area contributed by atoms with Crippen LogP contribution in [0.15, 0.2) is 82.0 Å². The lowest BCUT2D eigenvalue weighted by Crippen LogP contribution is -2.31. The first-order valence-corrected chi connectivity index (χ1v) is 12.9. The van der Waals surface area contributed by atoms with Crippen LogP contribution in [0.5, 0.6) is 5.75 Å². The van der Waals surface area contributed by atoms with Gasteiger partial charge in [-0.25, -0.2) is 4.39 Å². The first-order chi connectivity index (χ1) is 18.1. The molecule has 37 heavy (non-hydrogen) atoms. The third-order valence-electron chi connectivity index (χ3n) is 6.87. The maximum atomic E-state index is 14.0. The van der Waals surface area contributed by atoms with E-state index in [0.29, 0.717) is 19.6 Å². The van der Waals surface area contributed by atoms with Crippen LogP contribution in [0.1, 0.15) is 65.9 Å². The molecule has 1 unspecified atom stereocenters. The highest BCUT2D eigenvalue weighted by atomic mass is 19.1. The van der Waals surface area contributed by atoms with Crippen LogP contribution >= 0.6 is 0 Å². The lowest BCUT2D eigenvalue weighted by atomic mass is 9.98. The van der Waals surface area contributed by atoms with Crippen molar-refractivity contribution in [2.75, 3.05) is 13.2 Å². The maximum absolute atomic E-state index is 14.0. The Morgan fingerprint density at radius 1 is 0.946 bits per heavy atom. The van der Waals surface area contributed by atoms with Crippen LogP contribution in [0.4, 0.5) is 4.39 Å². The van der Waals surface area contributed by atoms with Gasteiger partial charge in [0.25, 0.3) is 5.91 Å². The summed E-state index contributed by atoms with van der Waals surface area (Å²) in [5.41, 5.74) is 1.94. The molecule has 1 aliphatic heterocycles. The first-order valence-electron chi connectivity index (χ1n) is 12.9. The van der Waals surface area contributed by atoms with Gasteiger partial charge in [-0.05, 0) is 54.3 Å². The average molecular weight is 500 g/mol. The van der Waals surface area contributed by atoms with Crippen LogP contribution in [-0.4, -0.2) is 24.0 Å². The molecular weight excluding hydrogens is 469 g/mol. The smallest absolute Gasteiger partial charge is 0.290 e. The zero-order chi connectivity index (χ0) is 25.8. The van der Waals surface area contributed by atoms with E-state index in [0.717, 1.165) is 29.7 Å². The van der Waals surface area contributed by atoms with Gasteiger partial charge < -0.3 is 14.1 Å². The maximum Gasteiger partial charge on any atom is 0.290 e. The van der Waals surface area contributed by atoms with Crippen molar-refractivity contribution in [1.29, 1.82) is 0 Å². The normalized spacial score (nSPS) is 14.8. The van der Waals surface area contributed by atoms with E-state index in [1.165, 1.54) is 31.0 Å². The van der Waals surface area contributed by atoms with E-state index >= 15 is 0 Å². The standard InChI is InChI=1S/C31H30FNO4/c1-2-3-4-8-19-36-24-14-11-22(12-15-24)28-27-29(34)25-20-23(32)13-16-26(25)37-30(27)31(35)33(28)18-17-21-9-6-5-7-10-21/h5-7,9-16,20,28H,2-4,8,17-19H2,1H3. The molecule has 0 saturated carbocycles. The van der Waals surface area contributed by atoms with Crippen LogP contribution in [0.3, 0.4) is 0 Å². The number of hydrogen-bond acceptors (Lipinski definition) is 4. The Kier molecular flexibility index (Phi) is 7.35. The molecule has 0 radical (unpaired) electrons. The fraction of sp³-hybridized carbons (Fsp3) is 0.290. The Hall–Kier alpha value is -3.93. The minimum Gasteiger partial charge on any atom is -0.494 e. The zero-order valence-corrected chi connectivity index (χ0v) is 20.9. The Morgan fingerprint density at radius 3 is 2.49 bits per heavy atom. The molecule has 2 heterocycles. The molecule has 0 bridgehead atoms. The number of ether oxygens (including phenoxy) is 1. The number of halogens is 1. The number of carbonyl (C=O) groups excluding carboxylic acids is 1. The average Bonchev–Trinajstić information content (AvgIpc) is 3.20. The second-order valence-electron chi connectivity index (χ2n) is 9.43. The number of amides is 1. The van der Waals surface area contributed by atoms with Crippen molar-refractivity contribution in [3.05, 3.63) is 111 Å². The molecule has 0 saturated heterocycles. The van der Waals surface area contributed by atoms with Crippen LogP contribution in [-0.2, 0) is 6.42 Å². The quantitative estimate of drug-likeness (QED) is 0.228. The van der Waals surface area contributed by atoms with Gasteiger partial charge in [-0.1, -0.05) is 68.7 Å². The van der Waals surface area contributed by atoms with Crippen molar-refractivity contribution in [3.63, 3.8) is 0 Å². The van der Waals surface area contributed by atoms with Gasteiger partial charge in [0.15, 0.2) is 5.43 Å². The number of unbranched alkanes of at least 4 members (excludes halogenated alkanes) is 3. The third-order valence-corrected chi connectivity index (χ3v) is 6.87. The van der Waals surface area contributed by atoms with E-state index in [9.17, 15) is 14.0 Å². The van der Waals surface area contributed by atoms with E-state index in [1.54, 1.807) is 4.90 Å². The zero-order valence-electron chi connectivity index (χ0n) is 20.9. The molecule has 1 aromatic heterocycles. The Labute approximate surface area is 215 Å². The van der Waals surface area contributed by atoms with Crippen molar-refractivity contribution in [2.45, 2.75) is 45.1 Å². The van der Waals surface area contributed by atoms with E-state index in [1.807, 2.05) is 54.6 Å². The monoisotopic (exact) mass is 499 g/mol. The summed E-state index contributed by atoms with van der Waals surface area (Å²) in [6.07, 6.45) is 5.12. The summed E-state index contributed by atoms with van der Waals surface area (Å²) < 4.78 is 25.8. The Balaban J connectivity index is 1.49. The Morgan fingerprint density at radius 2 is 1.73 bits per heavy atom. The van der Waals surface area contributed by atoms with Crippen molar-refractivity contribution >= 4 is 16.9 Å². The predicted molar refractivity (Wildman–Crippen MR) is 142 cm³/mol. The molecular formula is C31H30FNO4. The minimum absolute atomic E-state index is 0.0263. The molecule has 5 nitrogen and oxygen atoms in total. The molecule has 5 rings (SSSR count). The molecule has 1 aliphatic rings. The van der Waals surface area contributed by atoms with Gasteiger partial charge in [0.05, 0.1) is 23.6 Å². The number of carbonyl (C=O) groups is 1. The summed E-state index contributed by atoms with van der Waals surface area (Å²) in [5.74, 6) is -0.0934. The molecule has 1 atom stereocenters. The highest BCUT2D eigenvalue weighted by molar-refractivity contribution is 5.99. The van der Waals surface area contributed by atoms with Gasteiger partial charge in [-0.15, -0.1) is 0 Å². The lowest BCUT2D eigenvalue weighted by Gasteiger charge is -2.25. The van der Waals surface area contributed by atoms with Gasteiger partial charge in [-0.3, -0.25) is 9.59 Å². The molecule has 6 heteroatoms. The number of fused-ring (bicyclic) bond motifs is 2. The molecule has 0 fully saturated rings. The summed E-state index contributed by atoms with van der Waals surface area (Å²) in [6.45, 7) is 3.22. The van der Waals surface area contributed by atoms with Gasteiger partial charge >= 0.3 is 0 Å². The highest BCUT2D eigenvalue weighted by Crippen LogP contribution is 2.38. The van der Waals surface area contributed by atoms with Gasteiger partial charge in [0.1, 0.15) is 17.1 Å². The third kappa shape index (κ3) is 5.15. The molecule has 4 aromatic rings. The molecule has 1 amide bonds. The highest BCUT2D eigenvalue weighted by Gasteiger charge is 2.42. The molecule has 190 valence electrons. The van der Waals surface area contributed by atoms with Crippen molar-refractivity contribution in [2.24, 2.45) is 0 Å². The van der Waals surface area contributed by atoms with E-state index in [2.05, 4.69) is 6.92 Å². The van der Waals surface area contributed by atoms with Crippen molar-refractivity contribution < 1.29 is 18.3 Å². The summed E-state index contributed by atoms with van der Waals surface area (Å²) in [4.78, 5) is 28.8. The summed E-state index contributed by atoms with van der Waals surface area (Å²) in [6, 6.07) is 20.6. The minimum atomic E-state index is -0.631. The summed E-state index contributed by atoms with van der Waals surface area (Å²) in [7, 11) is 0. The van der Waals surface area contributed by atoms with E-state index < -0.39 is 11.9 Å². The number of nitrogens with zero attached hydrogens (tertiary/aromatic N) is 1. The first kappa shape index (κ1) is 24.8. The topological polar surface area (TPSA) is 59.8 Å². The fourth-order valence-electron chi connectivity index (χ4n) is 4.93. The SMILES string of the molecule is CCCCCCOc1ccc(C2c3c(oc4ccc(F)cc4c3=O)C(=O)N2CCc2ccccc2)cc1. The number of benzene rings is 3. The lowest BCUT2D eigenvalue weighted by molar-refractivity contribution is 0.0730. The van der Waals surface area contributed by atoms with E-state index in [-0.39, 0.29) is 33.6 Å². The number of hydrogen-bond donors (Lipinski definition) is 0. The summed E-state index contributed by atoms with van der Waals surface area (Å²) in [5, 5.41) is 0.133. The molecule has 3 aromatic carbocycles. The van der Waals surface area contributed by atoms with Crippen molar-refractivity contribution in [1.82, 2.24) is 4.90 Å². The van der Waals surface area contributed by atoms with Crippen LogP contribution < -0.4 is 10.2 Å². The Bertz CT molecular complexity index is 1450. The van der Waals surface area contributed by atoms with Gasteiger partial charge in [-0.2, -0.15) is 0 Å². The van der Waals surface area contributed by atoms with Crippen molar-refractivity contribution in [3.8, 4) is 5.75 Å². The van der Waals surface area contributed by atoms with Crippen LogP contribution in [0, 0.1) is 5.82 Å². The van der Waals surface area contributed by atoms with E-state index in [4.69, 9.17) is 9.15 Å². The number of rotatable bonds is 10. The second-order valence-corrected chi connectivity index (χ2v) is 9.43. The largest absolute Gasteiger partial charge is 0.494 e. The second kappa shape index (κ2) is 11.0. The van der Waals surface area contributed by atoms with Gasteiger partial charge in [0.2, 0.25) is 5.76 Å².